The summed E-state index contributed by atoms with van der Waals surface area (Å²) in [5, 5.41) is 7.76. The molecule has 2 aromatic carbocycles. The van der Waals surface area contributed by atoms with Crippen LogP contribution in [0.2, 0.25) is 0 Å². The number of fused-ring (bicyclic) bond motifs is 1. The molecule has 0 aliphatic rings. The third-order valence-electron chi connectivity index (χ3n) is 4.11. The van der Waals surface area contributed by atoms with E-state index in [-0.39, 0.29) is 5.82 Å². The molecule has 0 saturated heterocycles. The molecule has 2 aromatic heterocycles. The van der Waals surface area contributed by atoms with Crippen LogP contribution in [0.1, 0.15) is 12.5 Å². The highest BCUT2D eigenvalue weighted by Crippen LogP contribution is 2.23. The number of nitrogens with one attached hydrogen (secondary N) is 1. The van der Waals surface area contributed by atoms with Gasteiger partial charge in [-0.3, -0.25) is 4.99 Å². The Morgan fingerprint density at radius 2 is 2.04 bits per heavy atom. The molecule has 27 heavy (non-hydrogen) atoms. The van der Waals surface area contributed by atoms with E-state index in [9.17, 15) is 4.39 Å². The van der Waals surface area contributed by atoms with Crippen molar-refractivity contribution in [3.63, 3.8) is 0 Å². The summed E-state index contributed by atoms with van der Waals surface area (Å²) in [6, 6.07) is 12.5. The number of hydrogen-bond donors (Lipinski definition) is 1. The van der Waals surface area contributed by atoms with Gasteiger partial charge >= 0.3 is 0 Å². The van der Waals surface area contributed by atoms with Gasteiger partial charge in [0.1, 0.15) is 5.82 Å². The molecule has 4 aromatic rings. The van der Waals surface area contributed by atoms with Crippen LogP contribution in [0, 0.1) is 5.82 Å². The number of benzene rings is 2. The number of thiazole rings is 1. The first kappa shape index (κ1) is 17.9. The van der Waals surface area contributed by atoms with Gasteiger partial charge in [-0.05, 0) is 49.4 Å². The van der Waals surface area contributed by atoms with Crippen LogP contribution in [0.4, 0.5) is 4.39 Å². The van der Waals surface area contributed by atoms with Crippen molar-refractivity contribution >= 4 is 44.4 Å². The van der Waals surface area contributed by atoms with Crippen molar-refractivity contribution in [2.24, 2.45) is 10.1 Å². The summed E-state index contributed by atoms with van der Waals surface area (Å²) in [6.07, 6.45) is 3.75. The normalized spacial score (nSPS) is 12.5. The van der Waals surface area contributed by atoms with Crippen LogP contribution in [0.15, 0.2) is 68.6 Å². The van der Waals surface area contributed by atoms with Gasteiger partial charge in [0.05, 0.1) is 11.9 Å². The average molecular weight is 443 g/mol. The highest BCUT2D eigenvalue weighted by atomic mass is 79.9. The van der Waals surface area contributed by atoms with Crippen LogP contribution in [0.25, 0.3) is 22.2 Å². The Bertz CT molecular complexity index is 1180. The maximum atomic E-state index is 13.3. The van der Waals surface area contributed by atoms with Gasteiger partial charge in [-0.2, -0.15) is 5.10 Å². The molecule has 0 radical (unpaired) electrons. The topological polar surface area (TPSA) is 45.4 Å². The van der Waals surface area contributed by atoms with Crippen LogP contribution in [-0.2, 0) is 0 Å². The highest BCUT2D eigenvalue weighted by Gasteiger charge is 2.08. The molecule has 0 fully saturated rings. The van der Waals surface area contributed by atoms with E-state index < -0.39 is 0 Å². The molecule has 4 nitrogen and oxygen atoms in total. The van der Waals surface area contributed by atoms with E-state index >= 15 is 0 Å². The van der Waals surface area contributed by atoms with Crippen LogP contribution in [0.3, 0.4) is 0 Å². The third kappa shape index (κ3) is 3.65. The number of nitrogens with zero attached hydrogens (tertiary/aromatic N) is 3. The lowest BCUT2D eigenvalue weighted by molar-refractivity contribution is 0.628. The molecule has 7 heteroatoms. The van der Waals surface area contributed by atoms with Gasteiger partial charge in [0.2, 0.25) is 4.80 Å². The fourth-order valence-electron chi connectivity index (χ4n) is 2.81. The summed E-state index contributed by atoms with van der Waals surface area (Å²) in [4.78, 5) is 8.58. The van der Waals surface area contributed by atoms with Crippen molar-refractivity contribution < 1.29 is 4.39 Å². The first-order valence-electron chi connectivity index (χ1n) is 8.43. The first-order valence-corrected chi connectivity index (χ1v) is 10.1. The second kappa shape index (κ2) is 7.62. The van der Waals surface area contributed by atoms with E-state index in [0.29, 0.717) is 6.54 Å². The van der Waals surface area contributed by atoms with E-state index in [2.05, 4.69) is 37.1 Å². The van der Waals surface area contributed by atoms with Crippen LogP contribution in [0.5, 0.6) is 0 Å². The summed E-state index contributed by atoms with van der Waals surface area (Å²) < 4.78 is 16.1. The summed E-state index contributed by atoms with van der Waals surface area (Å²) in [6.45, 7) is 2.65. The zero-order valence-corrected chi connectivity index (χ0v) is 16.9. The lowest BCUT2D eigenvalue weighted by Gasteiger charge is -2.03. The number of aromatic nitrogens is 2. The molecule has 0 aliphatic heterocycles. The highest BCUT2D eigenvalue weighted by molar-refractivity contribution is 9.10. The van der Waals surface area contributed by atoms with Crippen LogP contribution in [-0.4, -0.2) is 22.4 Å². The van der Waals surface area contributed by atoms with E-state index in [1.165, 1.54) is 23.5 Å². The third-order valence-corrected chi connectivity index (χ3v) is 5.45. The largest absolute Gasteiger partial charge is 0.361 e. The average Bonchev–Trinajstić information content (AvgIpc) is 3.25. The lowest BCUT2D eigenvalue weighted by atomic mass is 10.2. The standard InChI is InChI=1S/C20H16BrFN4S/c1-2-23-20-26(19(12-27-20)13-3-6-16(22)7-4-13)25-11-14-10-24-18-8-5-15(21)9-17(14)18/h3-12,24H,2H2,1H3. The Hall–Kier alpha value is -2.51. The second-order valence-electron chi connectivity index (χ2n) is 5.88. The molecule has 0 spiro atoms. The van der Waals surface area contributed by atoms with Crippen molar-refractivity contribution in [1.29, 1.82) is 0 Å². The van der Waals surface area contributed by atoms with E-state index in [1.54, 1.807) is 16.8 Å². The second-order valence-corrected chi connectivity index (χ2v) is 7.63. The van der Waals surface area contributed by atoms with E-state index in [4.69, 9.17) is 0 Å². The SMILES string of the molecule is CCN=c1scc(-c2ccc(F)cc2)n1N=Cc1c[nH]c2ccc(Br)cc12. The molecule has 0 aliphatic carbocycles. The molecule has 0 unspecified atom stereocenters. The fraction of sp³-hybridized carbons (Fsp3) is 0.100. The molecule has 1 N–H and O–H groups in total. The number of H-pyrrole nitrogens is 1. The van der Waals surface area contributed by atoms with Gasteiger partial charge in [-0.25, -0.2) is 9.07 Å². The number of hydrogen-bond acceptors (Lipinski definition) is 3. The predicted molar refractivity (Wildman–Crippen MR) is 113 cm³/mol. The zero-order chi connectivity index (χ0) is 18.8. The van der Waals surface area contributed by atoms with Crippen molar-refractivity contribution in [2.45, 2.75) is 6.92 Å². The van der Waals surface area contributed by atoms with Crippen molar-refractivity contribution in [3.8, 4) is 11.3 Å². The summed E-state index contributed by atoms with van der Waals surface area (Å²) in [5.74, 6) is -0.258. The Balaban J connectivity index is 1.81. The fourth-order valence-corrected chi connectivity index (χ4v) is 4.08. The first-order chi connectivity index (χ1) is 13.2. The van der Waals surface area contributed by atoms with Gasteiger partial charge in [-0.15, -0.1) is 11.3 Å². The molecular formula is C20H16BrFN4S. The maximum absolute atomic E-state index is 13.3. The molecule has 0 bridgehead atoms. The van der Waals surface area contributed by atoms with Gasteiger partial charge in [0.15, 0.2) is 0 Å². The van der Waals surface area contributed by atoms with Crippen molar-refractivity contribution in [2.75, 3.05) is 6.54 Å². The van der Waals surface area contributed by atoms with Gasteiger partial charge in [-0.1, -0.05) is 15.9 Å². The minimum Gasteiger partial charge on any atom is -0.361 e. The monoisotopic (exact) mass is 442 g/mol. The Morgan fingerprint density at radius 3 is 2.81 bits per heavy atom. The predicted octanol–water partition coefficient (Wildman–Crippen LogP) is 5.40. The molecular weight excluding hydrogens is 427 g/mol. The van der Waals surface area contributed by atoms with Gasteiger partial charge < -0.3 is 4.98 Å². The summed E-state index contributed by atoms with van der Waals surface area (Å²) in [5.41, 5.74) is 3.80. The number of halogens is 2. The Morgan fingerprint density at radius 1 is 1.22 bits per heavy atom. The summed E-state index contributed by atoms with van der Waals surface area (Å²) in [7, 11) is 0. The molecule has 0 saturated carbocycles. The number of rotatable bonds is 4. The molecule has 2 heterocycles. The molecule has 4 rings (SSSR count). The molecule has 136 valence electrons. The van der Waals surface area contributed by atoms with Crippen molar-refractivity contribution in [3.05, 3.63) is 74.7 Å². The van der Waals surface area contributed by atoms with E-state index in [0.717, 1.165) is 37.0 Å². The maximum Gasteiger partial charge on any atom is 0.206 e. The minimum absolute atomic E-state index is 0.258. The smallest absolute Gasteiger partial charge is 0.206 e. The summed E-state index contributed by atoms with van der Waals surface area (Å²) >= 11 is 5.03. The molecule has 0 atom stereocenters. The molecule has 0 amide bonds. The lowest BCUT2D eigenvalue weighted by Crippen LogP contribution is -2.12. The minimum atomic E-state index is -0.258. The quantitative estimate of drug-likeness (QED) is 0.411. The Labute approximate surface area is 167 Å². The number of aromatic amines is 1. The van der Waals surface area contributed by atoms with Crippen molar-refractivity contribution in [1.82, 2.24) is 9.66 Å². The van der Waals surface area contributed by atoms with E-state index in [1.807, 2.05) is 36.8 Å². The van der Waals surface area contributed by atoms with Crippen LogP contribution >= 0.6 is 27.3 Å². The zero-order valence-electron chi connectivity index (χ0n) is 14.5. The van der Waals surface area contributed by atoms with Gasteiger partial charge in [0, 0.05) is 44.6 Å². The Kier molecular flexibility index (Phi) is 5.05. The van der Waals surface area contributed by atoms with Crippen LogP contribution < -0.4 is 4.80 Å². The van der Waals surface area contributed by atoms with Gasteiger partial charge in [0.25, 0.3) is 0 Å².